The molecule has 3 N–H and O–H groups in total. The lowest BCUT2D eigenvalue weighted by molar-refractivity contribution is -0.167. The van der Waals surface area contributed by atoms with Crippen LogP contribution in [0.5, 0.6) is 0 Å². The Balaban J connectivity index is 3.48. The van der Waals surface area contributed by atoms with Gasteiger partial charge in [0.25, 0.3) is 0 Å². The molecule has 0 aliphatic heterocycles. The number of carboxylic acids is 1. The van der Waals surface area contributed by atoms with Crippen LogP contribution in [-0.4, -0.2) is 45.9 Å². The van der Waals surface area contributed by atoms with E-state index in [0.717, 1.165) is 19.3 Å². The highest BCUT2D eigenvalue weighted by atomic mass is 16.6. The van der Waals surface area contributed by atoms with E-state index in [0.29, 0.717) is 12.8 Å². The first kappa shape index (κ1) is 17.5. The highest BCUT2D eigenvalue weighted by Gasteiger charge is 2.18. The third-order valence-electron chi connectivity index (χ3n) is 2.43. The number of aliphatic hydroxyl groups excluding tert-OH is 2. The van der Waals surface area contributed by atoms with Gasteiger partial charge in [0.1, 0.15) is 0 Å². The summed E-state index contributed by atoms with van der Waals surface area (Å²) >= 11 is 0. The molecule has 0 radical (unpaired) electrons. The molecule has 7 heteroatoms. The topological polar surface area (TPSA) is 121 Å². The van der Waals surface area contributed by atoms with Crippen LogP contribution in [0.15, 0.2) is 0 Å². The van der Waals surface area contributed by atoms with Gasteiger partial charge in [0.15, 0.2) is 6.10 Å². The van der Waals surface area contributed by atoms with Gasteiger partial charge < -0.3 is 20.1 Å². The molecule has 0 spiro atoms. The predicted octanol–water partition coefficient (Wildman–Crippen LogP) is 0.225. The number of hydrogen-bond donors (Lipinski definition) is 3. The Morgan fingerprint density at radius 2 is 1.47 bits per heavy atom. The summed E-state index contributed by atoms with van der Waals surface area (Å²) in [5.41, 5.74) is 0. The summed E-state index contributed by atoms with van der Waals surface area (Å²) in [5, 5.41) is 25.7. The van der Waals surface area contributed by atoms with Gasteiger partial charge in [0, 0.05) is 12.8 Å². The quantitative estimate of drug-likeness (QED) is 0.296. The van der Waals surface area contributed by atoms with Gasteiger partial charge >= 0.3 is 17.9 Å². The molecule has 1 unspecified atom stereocenters. The molecule has 0 fully saturated rings. The molecule has 0 aromatic heterocycles. The Labute approximate surface area is 111 Å². The first-order valence-electron chi connectivity index (χ1n) is 6.22. The minimum absolute atomic E-state index is 0.0584. The van der Waals surface area contributed by atoms with Crippen LogP contribution in [0.4, 0.5) is 0 Å². The van der Waals surface area contributed by atoms with Crippen molar-refractivity contribution in [2.45, 2.75) is 51.0 Å². The van der Waals surface area contributed by atoms with Crippen molar-refractivity contribution in [3.8, 4) is 0 Å². The van der Waals surface area contributed by atoms with Crippen molar-refractivity contribution < 1.29 is 34.4 Å². The van der Waals surface area contributed by atoms with Crippen molar-refractivity contribution in [3.63, 3.8) is 0 Å². The maximum Gasteiger partial charge on any atom is 0.345 e. The molecule has 1 atom stereocenters. The Morgan fingerprint density at radius 1 is 0.947 bits per heavy atom. The van der Waals surface area contributed by atoms with Crippen molar-refractivity contribution >= 4 is 17.9 Å². The van der Waals surface area contributed by atoms with Crippen LogP contribution in [0.1, 0.15) is 44.9 Å². The number of carboxylic acid groups (broad SMARTS) is 1. The van der Waals surface area contributed by atoms with E-state index in [2.05, 4.69) is 4.74 Å². The summed E-state index contributed by atoms with van der Waals surface area (Å²) in [7, 11) is 0. The van der Waals surface area contributed by atoms with Crippen LogP contribution in [0.25, 0.3) is 0 Å². The smallest absolute Gasteiger partial charge is 0.345 e. The van der Waals surface area contributed by atoms with Crippen molar-refractivity contribution in [2.75, 3.05) is 6.61 Å². The molecular weight excluding hydrogens is 256 g/mol. The molecule has 0 heterocycles. The van der Waals surface area contributed by atoms with Crippen LogP contribution >= 0.6 is 0 Å². The van der Waals surface area contributed by atoms with Crippen LogP contribution in [0.3, 0.4) is 0 Å². The maximum absolute atomic E-state index is 11.1. The average Bonchev–Trinajstić information content (AvgIpc) is 2.36. The second-order valence-corrected chi connectivity index (χ2v) is 4.15. The largest absolute Gasteiger partial charge is 0.481 e. The van der Waals surface area contributed by atoms with E-state index in [9.17, 15) is 14.4 Å². The molecule has 0 saturated heterocycles. The van der Waals surface area contributed by atoms with E-state index < -0.39 is 30.6 Å². The van der Waals surface area contributed by atoms with Crippen LogP contribution in [-0.2, 0) is 19.1 Å². The molecule has 0 saturated carbocycles. The predicted molar refractivity (Wildman–Crippen MR) is 64.1 cm³/mol. The Morgan fingerprint density at radius 3 is 2.00 bits per heavy atom. The standard InChI is InChI=1S/C12H20O7/c13-8-9(14)12(18)19-11(17)7-5-3-1-2-4-6-10(15)16/h9,13-14H,1-8H2,(H,15,16). The van der Waals surface area contributed by atoms with Crippen molar-refractivity contribution in [2.24, 2.45) is 0 Å². The van der Waals surface area contributed by atoms with Crippen molar-refractivity contribution in [1.82, 2.24) is 0 Å². The summed E-state index contributed by atoms with van der Waals surface area (Å²) in [6, 6.07) is 0. The number of esters is 2. The zero-order valence-corrected chi connectivity index (χ0v) is 10.7. The molecular formula is C12H20O7. The van der Waals surface area contributed by atoms with E-state index in [1.54, 1.807) is 0 Å². The third kappa shape index (κ3) is 10.2. The van der Waals surface area contributed by atoms with E-state index in [1.165, 1.54) is 0 Å². The van der Waals surface area contributed by atoms with Gasteiger partial charge in [-0.1, -0.05) is 19.3 Å². The number of ether oxygens (including phenoxy) is 1. The monoisotopic (exact) mass is 276 g/mol. The second-order valence-electron chi connectivity index (χ2n) is 4.15. The highest BCUT2D eigenvalue weighted by molar-refractivity contribution is 5.87. The highest BCUT2D eigenvalue weighted by Crippen LogP contribution is 2.08. The number of carbonyl (C=O) groups is 3. The number of unbranched alkanes of at least 4 members (excludes halogenated alkanes) is 4. The molecule has 0 bridgehead atoms. The molecule has 0 aromatic rings. The van der Waals surface area contributed by atoms with Gasteiger partial charge in [0.2, 0.25) is 0 Å². The summed E-state index contributed by atoms with van der Waals surface area (Å²) in [6.45, 7) is -0.782. The summed E-state index contributed by atoms with van der Waals surface area (Å²) in [4.78, 5) is 32.3. The lowest BCUT2D eigenvalue weighted by atomic mass is 10.1. The van der Waals surface area contributed by atoms with E-state index in [4.69, 9.17) is 15.3 Å². The van der Waals surface area contributed by atoms with Gasteiger partial charge in [-0.2, -0.15) is 0 Å². The van der Waals surface area contributed by atoms with Gasteiger partial charge in [-0.3, -0.25) is 9.59 Å². The average molecular weight is 276 g/mol. The molecule has 7 nitrogen and oxygen atoms in total. The van der Waals surface area contributed by atoms with Crippen LogP contribution < -0.4 is 0 Å². The molecule has 0 aliphatic rings. The molecule has 110 valence electrons. The van der Waals surface area contributed by atoms with Gasteiger partial charge in [-0.05, 0) is 12.8 Å². The maximum atomic E-state index is 11.1. The van der Waals surface area contributed by atoms with Gasteiger partial charge in [0.05, 0.1) is 6.61 Å². The zero-order valence-electron chi connectivity index (χ0n) is 10.7. The fraction of sp³-hybridized carbons (Fsp3) is 0.750. The zero-order chi connectivity index (χ0) is 14.7. The summed E-state index contributed by atoms with van der Waals surface area (Å²) in [5.74, 6) is -2.69. The molecule has 0 rings (SSSR count). The Hall–Kier alpha value is -1.47. The molecule has 0 amide bonds. The van der Waals surface area contributed by atoms with E-state index in [1.807, 2.05) is 0 Å². The molecule has 0 aliphatic carbocycles. The Kier molecular flexibility index (Phi) is 9.64. The van der Waals surface area contributed by atoms with Crippen molar-refractivity contribution in [3.05, 3.63) is 0 Å². The molecule has 0 aromatic carbocycles. The summed E-state index contributed by atoms with van der Waals surface area (Å²) < 4.78 is 4.30. The van der Waals surface area contributed by atoms with Crippen LogP contribution in [0.2, 0.25) is 0 Å². The third-order valence-corrected chi connectivity index (χ3v) is 2.43. The number of rotatable bonds is 10. The Bertz CT molecular complexity index is 300. The van der Waals surface area contributed by atoms with Gasteiger partial charge in [-0.25, -0.2) is 4.79 Å². The first-order chi connectivity index (χ1) is 8.97. The van der Waals surface area contributed by atoms with Crippen LogP contribution in [0, 0.1) is 0 Å². The number of aliphatic carboxylic acids is 1. The van der Waals surface area contributed by atoms with Gasteiger partial charge in [-0.15, -0.1) is 0 Å². The minimum Gasteiger partial charge on any atom is -0.481 e. The second kappa shape index (κ2) is 10.5. The lowest BCUT2D eigenvalue weighted by Crippen LogP contribution is -2.28. The number of carbonyl (C=O) groups excluding carboxylic acids is 2. The minimum atomic E-state index is -1.68. The van der Waals surface area contributed by atoms with Crippen molar-refractivity contribution in [1.29, 1.82) is 0 Å². The normalized spacial score (nSPS) is 11.9. The van der Waals surface area contributed by atoms with E-state index in [-0.39, 0.29) is 12.8 Å². The fourth-order valence-electron chi connectivity index (χ4n) is 1.38. The summed E-state index contributed by atoms with van der Waals surface area (Å²) in [6.07, 6.45) is 2.01. The SMILES string of the molecule is O=C(O)CCCCCCCC(=O)OC(=O)C(O)CO. The molecule has 19 heavy (non-hydrogen) atoms. The number of aliphatic hydroxyl groups is 2. The fourth-order valence-corrected chi connectivity index (χ4v) is 1.38. The lowest BCUT2D eigenvalue weighted by Gasteiger charge is -2.06. The number of hydrogen-bond acceptors (Lipinski definition) is 6. The van der Waals surface area contributed by atoms with E-state index >= 15 is 0 Å². The first-order valence-corrected chi connectivity index (χ1v) is 6.22.